The summed E-state index contributed by atoms with van der Waals surface area (Å²) in [6, 6.07) is 8.23. The molecule has 31 heavy (non-hydrogen) atoms. The standard InChI is InChI=1S/C20H18N4O5S2/c1-28-14-4-3-12(9-15(14)29-2)10-16-19(27)24(20(30)31-16)11-17(25)22-23-18(26)13-5-7-21-8-6-13/h3-10H,11H2,1-2H3,(H,22,25)(H,23,26)/b16-10-. The van der Waals surface area contributed by atoms with Gasteiger partial charge in [-0.1, -0.05) is 30.0 Å². The first kappa shape index (κ1) is 22.2. The van der Waals surface area contributed by atoms with Crippen LogP contribution in [0.25, 0.3) is 6.08 Å². The highest BCUT2D eigenvalue weighted by molar-refractivity contribution is 8.26. The van der Waals surface area contributed by atoms with Crippen molar-refractivity contribution in [1.29, 1.82) is 0 Å². The van der Waals surface area contributed by atoms with Crippen molar-refractivity contribution in [2.24, 2.45) is 0 Å². The average molecular weight is 459 g/mol. The van der Waals surface area contributed by atoms with Crippen molar-refractivity contribution in [1.82, 2.24) is 20.7 Å². The molecule has 1 aromatic heterocycles. The van der Waals surface area contributed by atoms with Crippen LogP contribution in [0.15, 0.2) is 47.6 Å². The molecular formula is C20H18N4O5S2. The van der Waals surface area contributed by atoms with E-state index in [2.05, 4.69) is 15.8 Å². The molecule has 0 atom stereocenters. The van der Waals surface area contributed by atoms with Crippen LogP contribution in [0.4, 0.5) is 0 Å². The number of ether oxygens (including phenoxy) is 2. The maximum Gasteiger partial charge on any atom is 0.269 e. The first-order valence-corrected chi connectivity index (χ1v) is 10.1. The summed E-state index contributed by atoms with van der Waals surface area (Å²) >= 11 is 6.32. The number of pyridine rings is 1. The first-order chi connectivity index (χ1) is 14.9. The number of methoxy groups -OCH3 is 2. The molecule has 0 radical (unpaired) electrons. The summed E-state index contributed by atoms with van der Waals surface area (Å²) in [5.74, 6) is -0.408. The number of aromatic nitrogens is 1. The molecule has 1 aromatic carbocycles. The molecule has 1 aliphatic rings. The maximum absolute atomic E-state index is 12.7. The zero-order valence-electron chi connectivity index (χ0n) is 16.6. The van der Waals surface area contributed by atoms with E-state index in [1.165, 1.54) is 43.6 Å². The van der Waals surface area contributed by atoms with Crippen LogP contribution in [-0.4, -0.2) is 52.7 Å². The molecule has 1 fully saturated rings. The number of hydrogen-bond donors (Lipinski definition) is 2. The lowest BCUT2D eigenvalue weighted by Crippen LogP contribution is -2.47. The van der Waals surface area contributed by atoms with Crippen molar-refractivity contribution in [3.05, 3.63) is 58.8 Å². The number of nitrogens with zero attached hydrogens (tertiary/aromatic N) is 2. The van der Waals surface area contributed by atoms with Crippen LogP contribution in [0.3, 0.4) is 0 Å². The Bertz CT molecular complexity index is 1060. The van der Waals surface area contributed by atoms with E-state index in [1.807, 2.05) is 0 Å². The minimum atomic E-state index is -0.592. The smallest absolute Gasteiger partial charge is 0.269 e. The van der Waals surface area contributed by atoms with Crippen molar-refractivity contribution in [3.8, 4) is 11.5 Å². The van der Waals surface area contributed by atoms with Gasteiger partial charge in [-0.15, -0.1) is 0 Å². The summed E-state index contributed by atoms with van der Waals surface area (Å²) in [5.41, 5.74) is 5.60. The summed E-state index contributed by atoms with van der Waals surface area (Å²) in [6.45, 7) is -0.329. The van der Waals surface area contributed by atoms with Crippen LogP contribution < -0.4 is 20.3 Å². The Morgan fingerprint density at radius 2 is 1.84 bits per heavy atom. The topological polar surface area (TPSA) is 110 Å². The number of benzene rings is 1. The van der Waals surface area contributed by atoms with Gasteiger partial charge >= 0.3 is 0 Å². The van der Waals surface area contributed by atoms with Crippen LogP contribution in [0.2, 0.25) is 0 Å². The second-order valence-electron chi connectivity index (χ2n) is 6.12. The van der Waals surface area contributed by atoms with Gasteiger partial charge in [0.15, 0.2) is 11.5 Å². The van der Waals surface area contributed by atoms with Gasteiger partial charge in [0.1, 0.15) is 10.9 Å². The van der Waals surface area contributed by atoms with Gasteiger partial charge in [0, 0.05) is 18.0 Å². The zero-order chi connectivity index (χ0) is 22.4. The van der Waals surface area contributed by atoms with Crippen LogP contribution >= 0.6 is 24.0 Å². The fraction of sp³-hybridized carbons (Fsp3) is 0.150. The minimum absolute atomic E-state index is 0.243. The van der Waals surface area contributed by atoms with E-state index in [0.717, 1.165) is 11.8 Å². The summed E-state index contributed by atoms with van der Waals surface area (Å²) in [4.78, 5) is 42.2. The number of amides is 3. The van der Waals surface area contributed by atoms with Crippen molar-refractivity contribution in [2.45, 2.75) is 0 Å². The second-order valence-corrected chi connectivity index (χ2v) is 7.80. The molecule has 2 N–H and O–H groups in total. The second kappa shape index (κ2) is 10.0. The Hall–Kier alpha value is -3.44. The van der Waals surface area contributed by atoms with Crippen molar-refractivity contribution in [3.63, 3.8) is 0 Å². The SMILES string of the molecule is COc1ccc(/C=C2\SC(=S)N(CC(=O)NNC(=O)c3ccncc3)C2=O)cc1OC. The largest absolute Gasteiger partial charge is 0.493 e. The molecule has 160 valence electrons. The van der Waals surface area contributed by atoms with Crippen molar-refractivity contribution < 1.29 is 23.9 Å². The minimum Gasteiger partial charge on any atom is -0.493 e. The van der Waals surface area contributed by atoms with Gasteiger partial charge in [-0.25, -0.2) is 0 Å². The lowest BCUT2D eigenvalue weighted by molar-refractivity contribution is -0.129. The van der Waals surface area contributed by atoms with E-state index in [1.54, 1.807) is 24.3 Å². The lowest BCUT2D eigenvalue weighted by Gasteiger charge is -2.14. The van der Waals surface area contributed by atoms with E-state index in [4.69, 9.17) is 21.7 Å². The molecule has 9 nitrogen and oxygen atoms in total. The highest BCUT2D eigenvalue weighted by atomic mass is 32.2. The van der Waals surface area contributed by atoms with Gasteiger partial charge in [-0.05, 0) is 35.9 Å². The first-order valence-electron chi connectivity index (χ1n) is 8.89. The molecule has 1 aliphatic heterocycles. The number of hydrazine groups is 1. The molecule has 0 aliphatic carbocycles. The van der Waals surface area contributed by atoms with Crippen molar-refractivity contribution in [2.75, 3.05) is 20.8 Å². The van der Waals surface area contributed by atoms with E-state index < -0.39 is 17.7 Å². The predicted octanol–water partition coefficient (Wildman–Crippen LogP) is 1.76. The molecule has 2 aromatic rings. The lowest BCUT2D eigenvalue weighted by atomic mass is 10.2. The Morgan fingerprint density at radius 3 is 2.52 bits per heavy atom. The third-order valence-electron chi connectivity index (χ3n) is 4.14. The summed E-state index contributed by atoms with van der Waals surface area (Å²) < 4.78 is 10.7. The quantitative estimate of drug-likeness (QED) is 0.383. The van der Waals surface area contributed by atoms with E-state index in [9.17, 15) is 14.4 Å². The number of nitrogens with one attached hydrogen (secondary N) is 2. The number of carbonyl (C=O) groups excluding carboxylic acids is 3. The molecule has 11 heteroatoms. The molecular weight excluding hydrogens is 440 g/mol. The predicted molar refractivity (Wildman–Crippen MR) is 119 cm³/mol. The van der Waals surface area contributed by atoms with Gasteiger partial charge < -0.3 is 9.47 Å². The molecule has 0 unspecified atom stereocenters. The molecule has 1 saturated heterocycles. The number of thioether (sulfide) groups is 1. The molecule has 0 saturated carbocycles. The number of hydrogen-bond acceptors (Lipinski definition) is 8. The van der Waals surface area contributed by atoms with Crippen molar-refractivity contribution >= 4 is 52.1 Å². The maximum atomic E-state index is 12.7. The Kier molecular flexibility index (Phi) is 7.21. The Morgan fingerprint density at radius 1 is 1.13 bits per heavy atom. The Balaban J connectivity index is 1.63. The van der Waals surface area contributed by atoms with Gasteiger partial charge in [0.25, 0.3) is 17.7 Å². The number of rotatable bonds is 6. The summed E-state index contributed by atoms with van der Waals surface area (Å²) in [7, 11) is 3.06. The molecule has 0 spiro atoms. The van der Waals surface area contributed by atoms with Crippen LogP contribution in [-0.2, 0) is 9.59 Å². The van der Waals surface area contributed by atoms with E-state index in [-0.39, 0.29) is 10.9 Å². The van der Waals surface area contributed by atoms with E-state index in [0.29, 0.717) is 27.5 Å². The molecule has 2 heterocycles. The van der Waals surface area contributed by atoms with Gasteiger partial charge in [0.05, 0.1) is 19.1 Å². The highest BCUT2D eigenvalue weighted by Crippen LogP contribution is 2.34. The number of thiocarbonyl (C=S) groups is 1. The average Bonchev–Trinajstić information content (AvgIpc) is 3.05. The number of carbonyl (C=O) groups is 3. The van der Waals surface area contributed by atoms with Gasteiger partial charge in [-0.2, -0.15) is 0 Å². The third-order valence-corrected chi connectivity index (χ3v) is 5.52. The molecule has 0 bridgehead atoms. The monoisotopic (exact) mass is 458 g/mol. The zero-order valence-corrected chi connectivity index (χ0v) is 18.2. The molecule has 3 amide bonds. The van der Waals surface area contributed by atoms with Gasteiger partial charge in [-0.3, -0.25) is 35.1 Å². The van der Waals surface area contributed by atoms with Crippen LogP contribution in [0.1, 0.15) is 15.9 Å². The van der Waals surface area contributed by atoms with Crippen LogP contribution in [0.5, 0.6) is 11.5 Å². The molecule has 3 rings (SSSR count). The van der Waals surface area contributed by atoms with E-state index >= 15 is 0 Å². The fourth-order valence-corrected chi connectivity index (χ4v) is 3.87. The third kappa shape index (κ3) is 5.38. The normalized spacial score (nSPS) is 14.5. The summed E-state index contributed by atoms with van der Waals surface area (Å²) in [5, 5.41) is 0. The van der Waals surface area contributed by atoms with Crippen LogP contribution in [0, 0.1) is 0 Å². The fourth-order valence-electron chi connectivity index (χ4n) is 2.62. The van der Waals surface area contributed by atoms with Gasteiger partial charge in [0.2, 0.25) is 0 Å². The summed E-state index contributed by atoms with van der Waals surface area (Å²) in [6.07, 6.45) is 4.58. The highest BCUT2D eigenvalue weighted by Gasteiger charge is 2.33. The Labute approximate surface area is 187 Å².